The predicted octanol–water partition coefficient (Wildman–Crippen LogP) is 2.81. The summed E-state index contributed by atoms with van der Waals surface area (Å²) in [6.07, 6.45) is 1.71. The molecule has 0 aliphatic heterocycles. The summed E-state index contributed by atoms with van der Waals surface area (Å²) in [7, 11) is 0. The van der Waals surface area contributed by atoms with Crippen molar-refractivity contribution in [1.82, 2.24) is 10.3 Å². The summed E-state index contributed by atoms with van der Waals surface area (Å²) in [6, 6.07) is 12.6. The highest BCUT2D eigenvalue weighted by Crippen LogP contribution is 2.07. The number of aromatic nitrogens is 1. The topological polar surface area (TPSA) is 54.0 Å². The number of carbonyl (C=O) groups excluding carboxylic acids is 1. The molecule has 0 bridgehead atoms. The first-order valence-corrected chi connectivity index (χ1v) is 6.93. The van der Waals surface area contributed by atoms with Crippen LogP contribution in [-0.4, -0.2) is 16.0 Å². The van der Waals surface area contributed by atoms with Gasteiger partial charge in [0.05, 0.1) is 0 Å². The Hall–Kier alpha value is -1.54. The third kappa shape index (κ3) is 4.25. The summed E-state index contributed by atoms with van der Waals surface area (Å²) in [6.45, 7) is 0. The first kappa shape index (κ1) is 13.9. The van der Waals surface area contributed by atoms with Gasteiger partial charge in [0.1, 0.15) is 5.82 Å². The average molecular weight is 383 g/mol. The minimum Gasteiger partial charge on any atom is -0.317 e. The van der Waals surface area contributed by atoms with Crippen molar-refractivity contribution in [2.75, 3.05) is 5.32 Å². The number of hydrogen-bond acceptors (Lipinski definition) is 3. The monoisotopic (exact) mass is 383 g/mol. The zero-order valence-electron chi connectivity index (χ0n) is 9.76. The number of rotatable bonds is 2. The molecule has 0 fully saturated rings. The molecule has 4 nitrogen and oxygen atoms in total. The zero-order chi connectivity index (χ0) is 13.7. The number of benzene rings is 1. The average Bonchev–Trinajstić information content (AvgIpc) is 2.42. The normalized spacial score (nSPS) is 9.74. The van der Waals surface area contributed by atoms with E-state index >= 15 is 0 Å². The lowest BCUT2D eigenvalue weighted by atomic mass is 10.2. The van der Waals surface area contributed by atoms with Crippen LogP contribution >= 0.6 is 34.8 Å². The molecule has 0 atom stereocenters. The van der Waals surface area contributed by atoms with E-state index in [0.29, 0.717) is 11.4 Å². The molecule has 96 valence electrons. The Balaban J connectivity index is 1.95. The van der Waals surface area contributed by atoms with Crippen LogP contribution in [0.4, 0.5) is 5.82 Å². The van der Waals surface area contributed by atoms with Gasteiger partial charge in [-0.15, -0.1) is 0 Å². The van der Waals surface area contributed by atoms with Crippen LogP contribution in [0.3, 0.4) is 0 Å². The first-order chi connectivity index (χ1) is 9.15. The van der Waals surface area contributed by atoms with Crippen LogP contribution in [0.5, 0.6) is 0 Å². The van der Waals surface area contributed by atoms with Crippen molar-refractivity contribution in [2.45, 2.75) is 0 Å². The molecule has 19 heavy (non-hydrogen) atoms. The van der Waals surface area contributed by atoms with E-state index in [1.807, 2.05) is 12.1 Å². The molecular weight excluding hydrogens is 373 g/mol. The van der Waals surface area contributed by atoms with Crippen molar-refractivity contribution in [3.8, 4) is 0 Å². The minimum atomic E-state index is -0.247. The Morgan fingerprint density at radius 1 is 1.16 bits per heavy atom. The Bertz CT molecular complexity index is 587. The van der Waals surface area contributed by atoms with Gasteiger partial charge in [0.25, 0.3) is 5.91 Å². The van der Waals surface area contributed by atoms with Crippen LogP contribution in [0.15, 0.2) is 48.7 Å². The number of halogens is 1. The van der Waals surface area contributed by atoms with Crippen LogP contribution in [0, 0.1) is 3.57 Å². The number of anilines is 1. The molecule has 0 radical (unpaired) electrons. The van der Waals surface area contributed by atoms with Gasteiger partial charge in [-0.1, -0.05) is 18.2 Å². The molecule has 0 aliphatic carbocycles. The van der Waals surface area contributed by atoms with E-state index in [1.165, 1.54) is 0 Å². The van der Waals surface area contributed by atoms with Gasteiger partial charge in [0, 0.05) is 15.3 Å². The van der Waals surface area contributed by atoms with Gasteiger partial charge >= 0.3 is 0 Å². The number of thiocarbonyl (C=S) groups is 1. The van der Waals surface area contributed by atoms with Gasteiger partial charge in [-0.2, -0.15) is 0 Å². The van der Waals surface area contributed by atoms with Crippen LogP contribution < -0.4 is 10.6 Å². The molecule has 2 rings (SSSR count). The molecule has 1 aromatic carbocycles. The summed E-state index contributed by atoms with van der Waals surface area (Å²) < 4.78 is 1.03. The van der Waals surface area contributed by atoms with E-state index in [0.717, 1.165) is 3.57 Å². The maximum Gasteiger partial charge on any atom is 0.257 e. The van der Waals surface area contributed by atoms with E-state index in [2.05, 4.69) is 38.2 Å². The van der Waals surface area contributed by atoms with Gasteiger partial charge in [-0.3, -0.25) is 10.1 Å². The van der Waals surface area contributed by atoms with E-state index in [4.69, 9.17) is 12.2 Å². The van der Waals surface area contributed by atoms with Crippen molar-refractivity contribution < 1.29 is 4.79 Å². The first-order valence-electron chi connectivity index (χ1n) is 5.44. The second kappa shape index (κ2) is 6.58. The molecule has 2 aromatic rings. The van der Waals surface area contributed by atoms with Gasteiger partial charge in [0.2, 0.25) is 0 Å². The summed E-state index contributed by atoms with van der Waals surface area (Å²) in [4.78, 5) is 16.0. The fourth-order valence-corrected chi connectivity index (χ4v) is 1.88. The summed E-state index contributed by atoms with van der Waals surface area (Å²) >= 11 is 7.23. The molecule has 1 amide bonds. The zero-order valence-corrected chi connectivity index (χ0v) is 12.7. The number of nitrogens with zero attached hydrogens (tertiary/aromatic N) is 1. The maximum atomic E-state index is 11.8. The van der Waals surface area contributed by atoms with E-state index in [1.54, 1.807) is 36.5 Å². The Morgan fingerprint density at radius 3 is 2.53 bits per heavy atom. The number of carbonyl (C=O) groups is 1. The summed E-state index contributed by atoms with van der Waals surface area (Å²) in [5.41, 5.74) is 0.558. The van der Waals surface area contributed by atoms with Crippen LogP contribution in [0.25, 0.3) is 0 Å². The molecule has 0 saturated heterocycles. The fraction of sp³-hybridized carbons (Fsp3) is 0. The smallest absolute Gasteiger partial charge is 0.257 e. The minimum absolute atomic E-state index is 0.225. The third-order valence-corrected chi connectivity index (χ3v) is 3.07. The van der Waals surface area contributed by atoms with Crippen LogP contribution in [0.1, 0.15) is 10.4 Å². The van der Waals surface area contributed by atoms with E-state index < -0.39 is 0 Å². The maximum absolute atomic E-state index is 11.8. The molecule has 0 spiro atoms. The molecule has 0 saturated carbocycles. The van der Waals surface area contributed by atoms with E-state index in [9.17, 15) is 4.79 Å². The van der Waals surface area contributed by atoms with Gasteiger partial charge < -0.3 is 5.32 Å². The quantitative estimate of drug-likeness (QED) is 0.619. The van der Waals surface area contributed by atoms with Gasteiger partial charge in [-0.05, 0) is 59.1 Å². The molecule has 2 N–H and O–H groups in total. The molecule has 0 aliphatic rings. The molecule has 0 unspecified atom stereocenters. The standard InChI is InChI=1S/C13H10IN3OS/c14-10-6-7-11(15-8-10)16-13(19)17-12(18)9-4-2-1-3-5-9/h1-8H,(H2,15,16,17,18,19). The lowest BCUT2D eigenvalue weighted by Gasteiger charge is -2.08. The third-order valence-electron chi connectivity index (χ3n) is 2.23. The van der Waals surface area contributed by atoms with Crippen molar-refractivity contribution in [2.24, 2.45) is 0 Å². The lowest BCUT2D eigenvalue weighted by molar-refractivity contribution is 0.0978. The van der Waals surface area contributed by atoms with Crippen molar-refractivity contribution in [3.05, 3.63) is 57.8 Å². The second-order valence-electron chi connectivity index (χ2n) is 3.64. The Kier molecular flexibility index (Phi) is 4.80. The molecular formula is C13H10IN3OS. The molecule has 1 aromatic heterocycles. The SMILES string of the molecule is O=C(NC(=S)Nc1ccc(I)cn1)c1ccccc1. The highest BCUT2D eigenvalue weighted by molar-refractivity contribution is 14.1. The summed E-state index contributed by atoms with van der Waals surface area (Å²) in [5.74, 6) is 0.349. The second-order valence-corrected chi connectivity index (χ2v) is 5.29. The van der Waals surface area contributed by atoms with E-state index in [-0.39, 0.29) is 11.0 Å². The number of pyridine rings is 1. The Morgan fingerprint density at radius 2 is 1.89 bits per heavy atom. The van der Waals surface area contributed by atoms with Crippen molar-refractivity contribution >= 4 is 51.6 Å². The highest BCUT2D eigenvalue weighted by atomic mass is 127. The number of hydrogen-bond donors (Lipinski definition) is 2. The number of nitrogens with one attached hydrogen (secondary N) is 2. The lowest BCUT2D eigenvalue weighted by Crippen LogP contribution is -2.34. The Labute approximate surface area is 129 Å². The molecule has 6 heteroatoms. The van der Waals surface area contributed by atoms with Gasteiger partial charge in [-0.25, -0.2) is 4.98 Å². The van der Waals surface area contributed by atoms with Crippen molar-refractivity contribution in [3.63, 3.8) is 0 Å². The largest absolute Gasteiger partial charge is 0.317 e. The van der Waals surface area contributed by atoms with Crippen LogP contribution in [-0.2, 0) is 0 Å². The molecule has 1 heterocycles. The van der Waals surface area contributed by atoms with Crippen LogP contribution in [0.2, 0.25) is 0 Å². The van der Waals surface area contributed by atoms with Crippen molar-refractivity contribution in [1.29, 1.82) is 0 Å². The van der Waals surface area contributed by atoms with Gasteiger partial charge in [0.15, 0.2) is 5.11 Å². The summed E-state index contributed by atoms with van der Waals surface area (Å²) in [5, 5.41) is 5.68. The predicted molar refractivity (Wildman–Crippen MR) is 87.1 cm³/mol. The fourth-order valence-electron chi connectivity index (χ4n) is 1.36. The number of amides is 1. The highest BCUT2D eigenvalue weighted by Gasteiger charge is 2.07.